The molecular formula is C15H24ClN3O. The topological polar surface area (TPSA) is 58.4 Å². The van der Waals surface area contributed by atoms with Crippen molar-refractivity contribution in [3.05, 3.63) is 28.8 Å². The molecule has 5 heteroatoms. The van der Waals surface area contributed by atoms with Crippen LogP contribution in [0.2, 0.25) is 5.02 Å². The number of hydrogen-bond donors (Lipinski definition) is 2. The minimum atomic E-state index is -0.123. The van der Waals surface area contributed by atoms with Gasteiger partial charge in [-0.05, 0) is 44.6 Å². The number of halogens is 1. The van der Waals surface area contributed by atoms with Crippen LogP contribution in [0.25, 0.3) is 0 Å². The number of nitrogens with zero attached hydrogens (tertiary/aromatic N) is 1. The van der Waals surface area contributed by atoms with E-state index in [1.165, 1.54) is 0 Å². The molecule has 1 aromatic rings. The second-order valence-electron chi connectivity index (χ2n) is 5.69. The molecule has 112 valence electrons. The third-order valence-electron chi connectivity index (χ3n) is 3.23. The van der Waals surface area contributed by atoms with Crippen molar-refractivity contribution < 1.29 is 4.79 Å². The van der Waals surface area contributed by atoms with Crippen LogP contribution < -0.4 is 11.1 Å². The molecule has 4 nitrogen and oxygen atoms in total. The summed E-state index contributed by atoms with van der Waals surface area (Å²) in [7, 11) is 4.05. The number of amides is 1. The van der Waals surface area contributed by atoms with Gasteiger partial charge in [0.1, 0.15) is 0 Å². The molecule has 1 unspecified atom stereocenters. The monoisotopic (exact) mass is 297 g/mol. The van der Waals surface area contributed by atoms with Gasteiger partial charge in [-0.1, -0.05) is 25.4 Å². The van der Waals surface area contributed by atoms with Crippen LogP contribution in [0.15, 0.2) is 18.2 Å². The van der Waals surface area contributed by atoms with Crippen LogP contribution in [-0.2, 0) is 0 Å². The quantitative estimate of drug-likeness (QED) is 0.794. The first-order valence-electron chi connectivity index (χ1n) is 6.81. The van der Waals surface area contributed by atoms with Gasteiger partial charge in [-0.15, -0.1) is 0 Å². The number of carbonyl (C=O) groups excluding carboxylic acids is 1. The molecule has 0 bridgehead atoms. The summed E-state index contributed by atoms with van der Waals surface area (Å²) >= 11 is 5.93. The molecule has 1 rings (SSSR count). The van der Waals surface area contributed by atoms with Gasteiger partial charge in [0.15, 0.2) is 0 Å². The first-order valence-corrected chi connectivity index (χ1v) is 7.18. The summed E-state index contributed by atoms with van der Waals surface area (Å²) in [5, 5.41) is 3.36. The highest BCUT2D eigenvalue weighted by molar-refractivity contribution is 6.33. The molecule has 0 heterocycles. The van der Waals surface area contributed by atoms with E-state index >= 15 is 0 Å². The summed E-state index contributed by atoms with van der Waals surface area (Å²) in [6.45, 7) is 4.97. The van der Waals surface area contributed by atoms with Crippen molar-refractivity contribution in [2.24, 2.45) is 5.92 Å². The molecule has 0 fully saturated rings. The fraction of sp³-hybridized carbons (Fsp3) is 0.533. The fourth-order valence-electron chi connectivity index (χ4n) is 2.00. The Balaban J connectivity index is 2.63. The molecule has 20 heavy (non-hydrogen) atoms. The van der Waals surface area contributed by atoms with Gasteiger partial charge >= 0.3 is 0 Å². The Morgan fingerprint density at radius 3 is 2.55 bits per heavy atom. The van der Waals surface area contributed by atoms with Gasteiger partial charge in [0.2, 0.25) is 0 Å². The Morgan fingerprint density at radius 1 is 1.40 bits per heavy atom. The van der Waals surface area contributed by atoms with E-state index in [0.717, 1.165) is 6.42 Å². The molecule has 0 saturated heterocycles. The van der Waals surface area contributed by atoms with Crippen molar-refractivity contribution in [3.63, 3.8) is 0 Å². The minimum absolute atomic E-state index is 0.123. The molecule has 1 aromatic carbocycles. The van der Waals surface area contributed by atoms with Crippen LogP contribution in [0.4, 0.5) is 5.69 Å². The average molecular weight is 298 g/mol. The molecular weight excluding hydrogens is 274 g/mol. The molecule has 0 saturated carbocycles. The minimum Gasteiger partial charge on any atom is -0.398 e. The number of nitrogens with one attached hydrogen (secondary N) is 1. The van der Waals surface area contributed by atoms with E-state index in [1.54, 1.807) is 18.2 Å². The van der Waals surface area contributed by atoms with Crippen molar-refractivity contribution in [1.82, 2.24) is 10.2 Å². The van der Waals surface area contributed by atoms with Gasteiger partial charge in [0, 0.05) is 18.2 Å². The van der Waals surface area contributed by atoms with Crippen molar-refractivity contribution >= 4 is 23.2 Å². The fourth-order valence-corrected chi connectivity index (χ4v) is 2.18. The highest BCUT2D eigenvalue weighted by Crippen LogP contribution is 2.19. The number of benzene rings is 1. The Hall–Kier alpha value is -1.26. The second kappa shape index (κ2) is 7.50. The van der Waals surface area contributed by atoms with Gasteiger partial charge in [-0.25, -0.2) is 0 Å². The Labute approximate surface area is 126 Å². The van der Waals surface area contributed by atoms with Crippen molar-refractivity contribution in [2.75, 3.05) is 26.4 Å². The number of hydrogen-bond acceptors (Lipinski definition) is 3. The first-order chi connectivity index (χ1) is 9.31. The third kappa shape index (κ3) is 5.02. The zero-order valence-corrected chi connectivity index (χ0v) is 13.4. The van der Waals surface area contributed by atoms with E-state index in [4.69, 9.17) is 17.3 Å². The van der Waals surface area contributed by atoms with Crippen molar-refractivity contribution in [1.29, 1.82) is 0 Å². The standard InChI is InChI=1S/C15H24ClN3O/c1-10(2)7-12(19(3)4)9-18-15(20)11-5-6-14(17)13(16)8-11/h5-6,8,10,12H,7,9,17H2,1-4H3,(H,18,20). The number of carbonyl (C=O) groups is 1. The molecule has 1 atom stereocenters. The molecule has 0 radical (unpaired) electrons. The Bertz CT molecular complexity index is 460. The van der Waals surface area contributed by atoms with Crippen LogP contribution in [-0.4, -0.2) is 37.5 Å². The summed E-state index contributed by atoms with van der Waals surface area (Å²) in [5.41, 5.74) is 6.65. The molecule has 0 aliphatic carbocycles. The number of likely N-dealkylation sites (N-methyl/N-ethyl adjacent to an activating group) is 1. The number of nitrogens with two attached hydrogens (primary N) is 1. The lowest BCUT2D eigenvalue weighted by Crippen LogP contribution is -2.41. The molecule has 1 amide bonds. The molecule has 0 aliphatic heterocycles. The number of nitrogen functional groups attached to an aromatic ring is 1. The predicted octanol–water partition coefficient (Wildman–Crippen LogP) is 2.63. The summed E-state index contributed by atoms with van der Waals surface area (Å²) in [6.07, 6.45) is 1.04. The van der Waals surface area contributed by atoms with Crippen LogP contribution in [0.1, 0.15) is 30.6 Å². The van der Waals surface area contributed by atoms with Gasteiger partial charge < -0.3 is 16.0 Å². The Kier molecular flexibility index (Phi) is 6.30. The largest absolute Gasteiger partial charge is 0.398 e. The second-order valence-corrected chi connectivity index (χ2v) is 6.10. The summed E-state index contributed by atoms with van der Waals surface area (Å²) in [6, 6.07) is 5.25. The van der Waals surface area contributed by atoms with Gasteiger partial charge in [0.05, 0.1) is 10.7 Å². The van der Waals surface area contributed by atoms with Gasteiger partial charge in [-0.3, -0.25) is 4.79 Å². The lowest BCUT2D eigenvalue weighted by molar-refractivity contribution is 0.0938. The maximum atomic E-state index is 12.1. The van der Waals surface area contributed by atoms with E-state index in [2.05, 4.69) is 24.1 Å². The van der Waals surface area contributed by atoms with Crippen LogP contribution >= 0.6 is 11.6 Å². The normalized spacial score (nSPS) is 12.8. The summed E-state index contributed by atoms with van der Waals surface area (Å²) < 4.78 is 0. The molecule has 0 aliphatic rings. The molecule has 3 N–H and O–H groups in total. The van der Waals surface area contributed by atoms with Gasteiger partial charge in [0.25, 0.3) is 5.91 Å². The van der Waals surface area contributed by atoms with Crippen molar-refractivity contribution in [2.45, 2.75) is 26.3 Å². The number of anilines is 1. The highest BCUT2D eigenvalue weighted by Gasteiger charge is 2.15. The Morgan fingerprint density at radius 2 is 2.05 bits per heavy atom. The summed E-state index contributed by atoms with van der Waals surface area (Å²) in [5.74, 6) is 0.466. The van der Waals surface area contributed by atoms with E-state index in [0.29, 0.717) is 34.8 Å². The SMILES string of the molecule is CC(C)CC(CNC(=O)c1ccc(N)c(Cl)c1)N(C)C. The predicted molar refractivity (Wildman–Crippen MR) is 85.1 cm³/mol. The highest BCUT2D eigenvalue weighted by atomic mass is 35.5. The van der Waals surface area contributed by atoms with Crippen LogP contribution in [0.5, 0.6) is 0 Å². The van der Waals surface area contributed by atoms with Gasteiger partial charge in [-0.2, -0.15) is 0 Å². The maximum absolute atomic E-state index is 12.1. The lowest BCUT2D eigenvalue weighted by atomic mass is 10.0. The van der Waals surface area contributed by atoms with Crippen LogP contribution in [0.3, 0.4) is 0 Å². The first kappa shape index (κ1) is 16.8. The zero-order valence-electron chi connectivity index (χ0n) is 12.6. The third-order valence-corrected chi connectivity index (χ3v) is 3.56. The van der Waals surface area contributed by atoms with E-state index < -0.39 is 0 Å². The lowest BCUT2D eigenvalue weighted by Gasteiger charge is -2.26. The maximum Gasteiger partial charge on any atom is 0.251 e. The smallest absolute Gasteiger partial charge is 0.251 e. The van der Waals surface area contributed by atoms with Crippen molar-refractivity contribution in [3.8, 4) is 0 Å². The van der Waals surface area contributed by atoms with Crippen LogP contribution in [0, 0.1) is 5.92 Å². The van der Waals surface area contributed by atoms with E-state index in [-0.39, 0.29) is 5.91 Å². The average Bonchev–Trinajstić information content (AvgIpc) is 2.36. The number of rotatable bonds is 6. The molecule has 0 spiro atoms. The summed E-state index contributed by atoms with van der Waals surface area (Å²) in [4.78, 5) is 14.2. The van der Waals surface area contributed by atoms with E-state index in [9.17, 15) is 4.79 Å². The molecule has 0 aromatic heterocycles. The van der Waals surface area contributed by atoms with E-state index in [1.807, 2.05) is 14.1 Å². The zero-order chi connectivity index (χ0) is 15.3.